The Morgan fingerprint density at radius 1 is 0.933 bits per heavy atom. The van der Waals surface area contributed by atoms with E-state index in [4.69, 9.17) is 4.74 Å². The highest BCUT2D eigenvalue weighted by atomic mass is 32.2. The van der Waals surface area contributed by atoms with E-state index in [1.807, 2.05) is 32.0 Å². The van der Waals surface area contributed by atoms with Gasteiger partial charge in [-0.1, -0.05) is 36.8 Å². The van der Waals surface area contributed by atoms with Gasteiger partial charge in [-0.05, 0) is 61.9 Å². The molecular weight excluding hydrogens is 400 g/mol. The number of hydrogen-bond acceptors (Lipinski definition) is 4. The standard InChI is InChI=1S/C23H24N2O4S/c1-3-16-29-22-7-5-4-6-21(22)24-23(26)18-10-14-20(15-11-18)30(27,28)25-19-12-8-17(2)9-13-19/h4-15,25H,3,16H2,1-2H3,(H,24,26). The SMILES string of the molecule is CCCOc1ccccc1NC(=O)c1ccc(S(=O)(=O)Nc2ccc(C)cc2)cc1. The van der Waals surface area contributed by atoms with Gasteiger partial charge in [0, 0.05) is 11.3 Å². The summed E-state index contributed by atoms with van der Waals surface area (Å²) in [6.07, 6.45) is 0.856. The summed E-state index contributed by atoms with van der Waals surface area (Å²) < 4.78 is 33.3. The van der Waals surface area contributed by atoms with Gasteiger partial charge in [0.1, 0.15) is 5.75 Å². The minimum Gasteiger partial charge on any atom is -0.491 e. The first-order valence-corrected chi connectivity index (χ1v) is 11.1. The number of rotatable bonds is 8. The summed E-state index contributed by atoms with van der Waals surface area (Å²) in [5.41, 5.74) is 2.42. The molecule has 0 saturated carbocycles. The van der Waals surface area contributed by atoms with Crippen LogP contribution in [0.5, 0.6) is 5.75 Å². The van der Waals surface area contributed by atoms with Crippen LogP contribution >= 0.6 is 0 Å². The molecule has 0 fully saturated rings. The van der Waals surface area contributed by atoms with Crippen LogP contribution in [0.4, 0.5) is 11.4 Å². The molecule has 0 heterocycles. The lowest BCUT2D eigenvalue weighted by Gasteiger charge is -2.12. The molecular formula is C23H24N2O4S. The zero-order valence-electron chi connectivity index (χ0n) is 16.9. The Morgan fingerprint density at radius 3 is 2.27 bits per heavy atom. The van der Waals surface area contributed by atoms with Crippen molar-refractivity contribution in [2.45, 2.75) is 25.2 Å². The molecule has 3 rings (SSSR count). The van der Waals surface area contributed by atoms with Gasteiger partial charge in [0.15, 0.2) is 0 Å². The average Bonchev–Trinajstić information content (AvgIpc) is 2.74. The molecule has 0 unspecified atom stereocenters. The second kappa shape index (κ2) is 9.45. The van der Waals surface area contributed by atoms with E-state index in [1.165, 1.54) is 24.3 Å². The first kappa shape index (κ1) is 21.4. The number of ether oxygens (including phenoxy) is 1. The summed E-state index contributed by atoms with van der Waals surface area (Å²) in [6.45, 7) is 4.48. The van der Waals surface area contributed by atoms with Crippen LogP contribution in [-0.4, -0.2) is 20.9 Å². The number of para-hydroxylation sites is 2. The van der Waals surface area contributed by atoms with Crippen molar-refractivity contribution >= 4 is 27.3 Å². The van der Waals surface area contributed by atoms with E-state index in [-0.39, 0.29) is 10.8 Å². The van der Waals surface area contributed by atoms with Crippen LogP contribution in [0.3, 0.4) is 0 Å². The van der Waals surface area contributed by atoms with E-state index in [1.54, 1.807) is 30.3 Å². The topological polar surface area (TPSA) is 84.5 Å². The van der Waals surface area contributed by atoms with Gasteiger partial charge >= 0.3 is 0 Å². The van der Waals surface area contributed by atoms with Crippen molar-refractivity contribution in [3.63, 3.8) is 0 Å². The highest BCUT2D eigenvalue weighted by Gasteiger charge is 2.16. The number of carbonyl (C=O) groups excluding carboxylic acids is 1. The number of amides is 1. The quantitative estimate of drug-likeness (QED) is 0.542. The van der Waals surface area contributed by atoms with Crippen molar-refractivity contribution in [3.05, 3.63) is 83.9 Å². The third-order valence-electron chi connectivity index (χ3n) is 4.33. The van der Waals surface area contributed by atoms with Gasteiger partial charge in [0.25, 0.3) is 15.9 Å². The summed E-state index contributed by atoms with van der Waals surface area (Å²) in [5, 5.41) is 2.81. The maximum absolute atomic E-state index is 12.6. The number of anilines is 2. The molecule has 2 N–H and O–H groups in total. The van der Waals surface area contributed by atoms with E-state index < -0.39 is 10.0 Å². The molecule has 0 spiro atoms. The first-order chi connectivity index (χ1) is 14.4. The number of nitrogens with one attached hydrogen (secondary N) is 2. The molecule has 156 valence electrons. The van der Waals surface area contributed by atoms with E-state index >= 15 is 0 Å². The minimum absolute atomic E-state index is 0.0753. The van der Waals surface area contributed by atoms with Crippen LogP contribution in [0.1, 0.15) is 29.3 Å². The number of hydrogen-bond donors (Lipinski definition) is 2. The van der Waals surface area contributed by atoms with Crippen molar-refractivity contribution in [1.82, 2.24) is 0 Å². The number of benzene rings is 3. The zero-order valence-corrected chi connectivity index (χ0v) is 17.7. The predicted octanol–water partition coefficient (Wildman–Crippen LogP) is 4.84. The summed E-state index contributed by atoms with van der Waals surface area (Å²) in [5.74, 6) is 0.243. The molecule has 0 aliphatic carbocycles. The Kier molecular flexibility index (Phi) is 6.74. The highest BCUT2D eigenvalue weighted by molar-refractivity contribution is 7.92. The Labute approximate surface area is 177 Å². The Morgan fingerprint density at radius 2 is 1.60 bits per heavy atom. The minimum atomic E-state index is -3.75. The van der Waals surface area contributed by atoms with Gasteiger partial charge in [0.05, 0.1) is 17.2 Å². The molecule has 0 bridgehead atoms. The molecule has 3 aromatic rings. The van der Waals surface area contributed by atoms with Gasteiger partial charge < -0.3 is 10.1 Å². The van der Waals surface area contributed by atoms with Crippen molar-refractivity contribution in [2.75, 3.05) is 16.6 Å². The molecule has 0 aliphatic heterocycles. The fourth-order valence-corrected chi connectivity index (χ4v) is 3.78. The Bertz CT molecular complexity index is 1110. The molecule has 6 nitrogen and oxygen atoms in total. The largest absolute Gasteiger partial charge is 0.491 e. The molecule has 1 amide bonds. The Hall–Kier alpha value is -3.32. The van der Waals surface area contributed by atoms with Crippen LogP contribution in [0.2, 0.25) is 0 Å². The lowest BCUT2D eigenvalue weighted by molar-refractivity contribution is 0.102. The van der Waals surface area contributed by atoms with E-state index in [0.29, 0.717) is 29.3 Å². The van der Waals surface area contributed by atoms with Crippen LogP contribution in [0, 0.1) is 6.92 Å². The zero-order chi connectivity index (χ0) is 21.6. The number of aryl methyl sites for hydroxylation is 1. The van der Waals surface area contributed by atoms with Crippen LogP contribution in [0.15, 0.2) is 77.7 Å². The van der Waals surface area contributed by atoms with Crippen LogP contribution < -0.4 is 14.8 Å². The lowest BCUT2D eigenvalue weighted by atomic mass is 10.2. The molecule has 3 aromatic carbocycles. The monoisotopic (exact) mass is 424 g/mol. The molecule has 0 radical (unpaired) electrons. The maximum Gasteiger partial charge on any atom is 0.261 e. The lowest BCUT2D eigenvalue weighted by Crippen LogP contribution is -2.15. The Balaban J connectivity index is 1.72. The summed E-state index contributed by atoms with van der Waals surface area (Å²) in [6, 6.07) is 20.0. The predicted molar refractivity (Wildman–Crippen MR) is 119 cm³/mol. The van der Waals surface area contributed by atoms with Crippen molar-refractivity contribution in [1.29, 1.82) is 0 Å². The van der Waals surface area contributed by atoms with Crippen LogP contribution in [0.25, 0.3) is 0 Å². The molecule has 7 heteroatoms. The van der Waals surface area contributed by atoms with Gasteiger partial charge in [0.2, 0.25) is 0 Å². The highest BCUT2D eigenvalue weighted by Crippen LogP contribution is 2.25. The molecule has 0 saturated heterocycles. The smallest absolute Gasteiger partial charge is 0.261 e. The van der Waals surface area contributed by atoms with Crippen LogP contribution in [-0.2, 0) is 10.0 Å². The van der Waals surface area contributed by atoms with Gasteiger partial charge in [-0.25, -0.2) is 8.42 Å². The third-order valence-corrected chi connectivity index (χ3v) is 5.72. The van der Waals surface area contributed by atoms with E-state index in [0.717, 1.165) is 12.0 Å². The molecule has 0 atom stereocenters. The van der Waals surface area contributed by atoms with Gasteiger partial charge in [-0.2, -0.15) is 0 Å². The maximum atomic E-state index is 12.6. The molecule has 0 aliphatic rings. The normalized spacial score (nSPS) is 11.0. The van der Waals surface area contributed by atoms with Gasteiger partial charge in [-0.15, -0.1) is 0 Å². The first-order valence-electron chi connectivity index (χ1n) is 9.62. The fraction of sp³-hybridized carbons (Fsp3) is 0.174. The average molecular weight is 425 g/mol. The third kappa shape index (κ3) is 5.39. The molecule has 30 heavy (non-hydrogen) atoms. The summed E-state index contributed by atoms with van der Waals surface area (Å²) in [4.78, 5) is 12.7. The molecule has 0 aromatic heterocycles. The number of sulfonamides is 1. The van der Waals surface area contributed by atoms with Gasteiger partial charge in [-0.3, -0.25) is 9.52 Å². The second-order valence-electron chi connectivity index (χ2n) is 6.79. The van der Waals surface area contributed by atoms with E-state index in [9.17, 15) is 13.2 Å². The summed E-state index contributed by atoms with van der Waals surface area (Å²) >= 11 is 0. The van der Waals surface area contributed by atoms with Crippen molar-refractivity contribution < 1.29 is 17.9 Å². The van der Waals surface area contributed by atoms with Crippen molar-refractivity contribution in [3.8, 4) is 5.75 Å². The van der Waals surface area contributed by atoms with Crippen molar-refractivity contribution in [2.24, 2.45) is 0 Å². The fourth-order valence-electron chi connectivity index (χ4n) is 2.72. The number of carbonyl (C=O) groups is 1. The van der Waals surface area contributed by atoms with E-state index in [2.05, 4.69) is 10.0 Å². The second-order valence-corrected chi connectivity index (χ2v) is 8.48. The summed E-state index contributed by atoms with van der Waals surface area (Å²) in [7, 11) is -3.75.